The molecule has 0 aliphatic carbocycles. The maximum absolute atomic E-state index is 12.7. The zero-order valence-corrected chi connectivity index (χ0v) is 20.8. The number of sulfonamides is 1. The van der Waals surface area contributed by atoms with Gasteiger partial charge >= 0.3 is 0 Å². The topological polar surface area (TPSA) is 78.9 Å². The second-order valence-electron chi connectivity index (χ2n) is 8.82. The van der Waals surface area contributed by atoms with Gasteiger partial charge in [-0.05, 0) is 67.1 Å². The van der Waals surface area contributed by atoms with Crippen molar-refractivity contribution in [3.63, 3.8) is 0 Å². The predicted octanol–water partition coefficient (Wildman–Crippen LogP) is 3.79. The van der Waals surface area contributed by atoms with Crippen LogP contribution in [0.15, 0.2) is 48.5 Å². The number of hydrogen-bond acceptors (Lipinski definition) is 5. The molecule has 2 aromatic rings. The first-order valence-electron chi connectivity index (χ1n) is 11.5. The molecule has 2 aromatic carbocycles. The van der Waals surface area contributed by atoms with Gasteiger partial charge in [-0.25, -0.2) is 8.42 Å². The maximum Gasteiger partial charge on any atom is 0.261 e. The summed E-state index contributed by atoms with van der Waals surface area (Å²) in [6.45, 7) is 6.82. The Labute approximate surface area is 197 Å². The van der Waals surface area contributed by atoms with Crippen molar-refractivity contribution in [2.45, 2.75) is 45.8 Å². The third-order valence-electron chi connectivity index (χ3n) is 6.06. The minimum absolute atomic E-state index is 0.177. The Hall–Kier alpha value is -2.74. The van der Waals surface area contributed by atoms with Crippen LogP contribution in [0.4, 0.5) is 11.4 Å². The van der Waals surface area contributed by atoms with Crippen LogP contribution < -0.4 is 19.3 Å². The van der Waals surface area contributed by atoms with Crippen molar-refractivity contribution in [1.82, 2.24) is 5.32 Å². The van der Waals surface area contributed by atoms with Crippen molar-refractivity contribution in [1.29, 1.82) is 0 Å². The highest BCUT2D eigenvalue weighted by atomic mass is 32.2. The second-order valence-corrected chi connectivity index (χ2v) is 10.8. The molecular formula is C25H35N3O4S. The van der Waals surface area contributed by atoms with E-state index in [1.165, 1.54) is 29.9 Å². The summed E-state index contributed by atoms with van der Waals surface area (Å²) in [5, 5.41) is 2.96. The number of carbonyl (C=O) groups is 1. The summed E-state index contributed by atoms with van der Waals surface area (Å²) < 4.78 is 30.4. The molecule has 0 bridgehead atoms. The Morgan fingerprint density at radius 2 is 1.85 bits per heavy atom. The van der Waals surface area contributed by atoms with Gasteiger partial charge in [0.25, 0.3) is 5.91 Å². The highest BCUT2D eigenvalue weighted by Crippen LogP contribution is 2.24. The quantitative estimate of drug-likeness (QED) is 0.599. The summed E-state index contributed by atoms with van der Waals surface area (Å²) in [5.41, 5.74) is 2.81. The molecule has 3 rings (SSSR count). The molecule has 1 fully saturated rings. The highest BCUT2D eigenvalue weighted by Gasteiger charge is 2.19. The fourth-order valence-corrected chi connectivity index (χ4v) is 4.47. The Balaban J connectivity index is 1.53. The standard InChI is InChI=1S/C25H35N3O4S/c1-5-24(32-23-14-12-21(13-15-23)27(3)33(4,30)31)25(29)26-17-20-8-10-22(11-9-20)28-16-6-7-19(2)18-28/h8-15,19,24H,5-7,16-18H2,1-4H3,(H,26,29)/t19-,24-/m0/s1. The minimum Gasteiger partial charge on any atom is -0.481 e. The Bertz CT molecular complexity index is 1020. The molecule has 1 amide bonds. The van der Waals surface area contributed by atoms with Crippen molar-refractivity contribution >= 4 is 27.3 Å². The average Bonchev–Trinajstić information content (AvgIpc) is 2.80. The van der Waals surface area contributed by atoms with E-state index in [1.54, 1.807) is 24.3 Å². The van der Waals surface area contributed by atoms with Crippen molar-refractivity contribution in [3.8, 4) is 5.75 Å². The lowest BCUT2D eigenvalue weighted by molar-refractivity contribution is -0.128. The largest absolute Gasteiger partial charge is 0.481 e. The summed E-state index contributed by atoms with van der Waals surface area (Å²) in [6, 6.07) is 15.0. The molecule has 8 heteroatoms. The number of ether oxygens (including phenoxy) is 1. The molecule has 0 aromatic heterocycles. The summed E-state index contributed by atoms with van der Waals surface area (Å²) in [4.78, 5) is 15.1. The lowest BCUT2D eigenvalue weighted by Crippen LogP contribution is -2.37. The molecule has 1 saturated heterocycles. The molecule has 33 heavy (non-hydrogen) atoms. The lowest BCUT2D eigenvalue weighted by Gasteiger charge is -2.32. The fourth-order valence-electron chi connectivity index (χ4n) is 3.96. The first-order chi connectivity index (χ1) is 15.7. The van der Waals surface area contributed by atoms with Gasteiger partial charge in [0.05, 0.1) is 11.9 Å². The molecule has 0 saturated carbocycles. The van der Waals surface area contributed by atoms with Gasteiger partial charge in [0.15, 0.2) is 6.10 Å². The van der Waals surface area contributed by atoms with Gasteiger partial charge in [-0.15, -0.1) is 0 Å². The van der Waals surface area contributed by atoms with E-state index in [0.717, 1.165) is 30.8 Å². The monoisotopic (exact) mass is 473 g/mol. The molecule has 0 spiro atoms. The molecule has 180 valence electrons. The van der Waals surface area contributed by atoms with Crippen LogP contribution in [0.25, 0.3) is 0 Å². The summed E-state index contributed by atoms with van der Waals surface area (Å²) >= 11 is 0. The highest BCUT2D eigenvalue weighted by molar-refractivity contribution is 7.92. The van der Waals surface area contributed by atoms with Gasteiger partial charge in [0, 0.05) is 32.4 Å². The molecule has 2 atom stereocenters. The first-order valence-corrected chi connectivity index (χ1v) is 13.3. The summed E-state index contributed by atoms with van der Waals surface area (Å²) in [7, 11) is -1.84. The molecule has 0 radical (unpaired) electrons. The second kappa shape index (κ2) is 10.9. The van der Waals surface area contributed by atoms with Gasteiger partial charge in [0.2, 0.25) is 10.0 Å². The van der Waals surface area contributed by atoms with E-state index in [1.807, 2.05) is 6.92 Å². The molecular weight excluding hydrogens is 438 g/mol. The van der Waals surface area contributed by atoms with Crippen LogP contribution in [-0.2, 0) is 21.4 Å². The number of piperidine rings is 1. The number of rotatable bonds is 9. The van der Waals surface area contributed by atoms with E-state index >= 15 is 0 Å². The van der Waals surface area contributed by atoms with Crippen LogP contribution in [0.3, 0.4) is 0 Å². The van der Waals surface area contributed by atoms with E-state index in [-0.39, 0.29) is 5.91 Å². The zero-order chi connectivity index (χ0) is 24.0. The molecule has 7 nitrogen and oxygen atoms in total. The summed E-state index contributed by atoms with van der Waals surface area (Å²) in [6.07, 6.45) is 3.56. The van der Waals surface area contributed by atoms with Gasteiger partial charge in [0.1, 0.15) is 5.75 Å². The molecule has 1 aliphatic heterocycles. The number of nitrogens with zero attached hydrogens (tertiary/aromatic N) is 2. The molecule has 1 heterocycles. The van der Waals surface area contributed by atoms with Crippen molar-refractivity contribution in [2.75, 3.05) is 35.6 Å². The average molecular weight is 474 g/mol. The van der Waals surface area contributed by atoms with Crippen LogP contribution in [-0.4, -0.2) is 46.8 Å². The van der Waals surface area contributed by atoms with Crippen LogP contribution in [0.5, 0.6) is 5.75 Å². The zero-order valence-electron chi connectivity index (χ0n) is 20.0. The lowest BCUT2D eigenvalue weighted by atomic mass is 9.99. The molecule has 0 unspecified atom stereocenters. The van der Waals surface area contributed by atoms with Crippen LogP contribution in [0, 0.1) is 5.92 Å². The van der Waals surface area contributed by atoms with Crippen LogP contribution in [0.1, 0.15) is 38.7 Å². The van der Waals surface area contributed by atoms with Gasteiger partial charge in [-0.1, -0.05) is 26.0 Å². The van der Waals surface area contributed by atoms with Gasteiger partial charge in [-0.2, -0.15) is 0 Å². The van der Waals surface area contributed by atoms with Crippen molar-refractivity contribution in [2.24, 2.45) is 5.92 Å². The van der Waals surface area contributed by atoms with Gasteiger partial charge < -0.3 is 15.0 Å². The van der Waals surface area contributed by atoms with Crippen molar-refractivity contribution < 1.29 is 17.9 Å². The molecule has 1 aliphatic rings. The van der Waals surface area contributed by atoms with E-state index < -0.39 is 16.1 Å². The first kappa shape index (κ1) is 24.9. The number of amides is 1. The number of benzene rings is 2. The fraction of sp³-hybridized carbons (Fsp3) is 0.480. The minimum atomic E-state index is -3.33. The Morgan fingerprint density at radius 3 is 2.42 bits per heavy atom. The molecule has 1 N–H and O–H groups in total. The van der Waals surface area contributed by atoms with Gasteiger partial charge in [-0.3, -0.25) is 9.10 Å². The number of hydrogen-bond donors (Lipinski definition) is 1. The predicted molar refractivity (Wildman–Crippen MR) is 133 cm³/mol. The SMILES string of the molecule is CC[C@H](Oc1ccc(N(C)S(C)(=O)=O)cc1)C(=O)NCc1ccc(N2CCC[C@H](C)C2)cc1. The Kier molecular flexibility index (Phi) is 8.24. The third kappa shape index (κ3) is 6.87. The number of nitrogens with one attached hydrogen (secondary N) is 1. The third-order valence-corrected chi connectivity index (χ3v) is 7.27. The normalized spacial score (nSPS) is 17.3. The van der Waals surface area contributed by atoms with E-state index in [9.17, 15) is 13.2 Å². The van der Waals surface area contributed by atoms with Crippen molar-refractivity contribution in [3.05, 3.63) is 54.1 Å². The number of anilines is 2. The summed E-state index contributed by atoms with van der Waals surface area (Å²) in [5.74, 6) is 1.06. The maximum atomic E-state index is 12.7. The van der Waals surface area contributed by atoms with E-state index in [2.05, 4.69) is 41.4 Å². The van der Waals surface area contributed by atoms with E-state index in [4.69, 9.17) is 4.74 Å². The smallest absolute Gasteiger partial charge is 0.261 e. The number of carbonyl (C=O) groups excluding carboxylic acids is 1. The van der Waals surface area contributed by atoms with E-state index in [0.29, 0.717) is 24.4 Å². The van der Waals surface area contributed by atoms with Crippen LogP contribution >= 0.6 is 0 Å². The van der Waals surface area contributed by atoms with Crippen LogP contribution in [0.2, 0.25) is 0 Å². The Morgan fingerprint density at radius 1 is 1.18 bits per heavy atom.